The van der Waals surface area contributed by atoms with Gasteiger partial charge in [-0.3, -0.25) is 14.8 Å². The van der Waals surface area contributed by atoms with Crippen molar-refractivity contribution < 1.29 is 9.18 Å². The number of halogens is 1. The molecule has 128 valence electrons. The van der Waals surface area contributed by atoms with E-state index in [-0.39, 0.29) is 11.7 Å². The SMILES string of the molecule is O=C(c1ccc2[nH]ncc2n1)N1CCN(Cc2cccc(F)c2)CC1. The van der Waals surface area contributed by atoms with Crippen molar-refractivity contribution >= 4 is 16.9 Å². The lowest BCUT2D eigenvalue weighted by molar-refractivity contribution is 0.0623. The van der Waals surface area contributed by atoms with Gasteiger partial charge in [0.2, 0.25) is 0 Å². The molecule has 0 bridgehead atoms. The standard InChI is InChI=1S/C18H18FN5O/c19-14-3-1-2-13(10-14)12-23-6-8-24(9-7-23)18(25)16-5-4-15-17(21-16)11-20-22-15/h1-5,10-11H,6-9,12H2,(H,20,22). The van der Waals surface area contributed by atoms with E-state index in [0.717, 1.165) is 24.2 Å². The number of nitrogens with one attached hydrogen (secondary N) is 1. The summed E-state index contributed by atoms with van der Waals surface area (Å²) in [6.07, 6.45) is 1.61. The van der Waals surface area contributed by atoms with E-state index in [1.807, 2.05) is 17.0 Å². The highest BCUT2D eigenvalue weighted by Crippen LogP contribution is 2.14. The third-order valence-corrected chi connectivity index (χ3v) is 4.47. The Kier molecular flexibility index (Phi) is 4.15. The molecule has 0 saturated carbocycles. The Morgan fingerprint density at radius 3 is 2.80 bits per heavy atom. The molecule has 1 aliphatic rings. The number of nitrogens with zero attached hydrogens (tertiary/aromatic N) is 4. The Bertz CT molecular complexity index is 901. The van der Waals surface area contributed by atoms with Crippen molar-refractivity contribution in [1.29, 1.82) is 0 Å². The summed E-state index contributed by atoms with van der Waals surface area (Å²) in [6.45, 7) is 3.49. The largest absolute Gasteiger partial charge is 0.335 e. The first-order valence-electron chi connectivity index (χ1n) is 8.25. The minimum absolute atomic E-state index is 0.0616. The van der Waals surface area contributed by atoms with Crippen molar-refractivity contribution in [3.05, 3.63) is 59.7 Å². The lowest BCUT2D eigenvalue weighted by Crippen LogP contribution is -2.48. The maximum Gasteiger partial charge on any atom is 0.272 e. The normalized spacial score (nSPS) is 15.6. The predicted molar refractivity (Wildman–Crippen MR) is 91.5 cm³/mol. The van der Waals surface area contributed by atoms with Gasteiger partial charge in [0.1, 0.15) is 17.0 Å². The van der Waals surface area contributed by atoms with Crippen molar-refractivity contribution in [2.45, 2.75) is 6.54 Å². The van der Waals surface area contributed by atoms with Crippen molar-refractivity contribution in [3.63, 3.8) is 0 Å². The molecule has 1 amide bonds. The lowest BCUT2D eigenvalue weighted by Gasteiger charge is -2.34. The number of hydrogen-bond donors (Lipinski definition) is 1. The number of piperazine rings is 1. The fraction of sp³-hybridized carbons (Fsp3) is 0.278. The minimum atomic E-state index is -0.216. The monoisotopic (exact) mass is 339 g/mol. The van der Waals surface area contributed by atoms with Crippen LogP contribution in [0.15, 0.2) is 42.6 Å². The zero-order valence-electron chi connectivity index (χ0n) is 13.7. The van der Waals surface area contributed by atoms with E-state index in [0.29, 0.717) is 30.8 Å². The molecule has 0 aliphatic carbocycles. The van der Waals surface area contributed by atoms with Crippen LogP contribution < -0.4 is 0 Å². The molecule has 0 atom stereocenters. The van der Waals surface area contributed by atoms with Crippen LogP contribution in [0.3, 0.4) is 0 Å². The molecule has 4 rings (SSSR count). The Balaban J connectivity index is 1.38. The van der Waals surface area contributed by atoms with E-state index < -0.39 is 0 Å². The average molecular weight is 339 g/mol. The van der Waals surface area contributed by atoms with Crippen LogP contribution in [0.25, 0.3) is 11.0 Å². The first-order valence-corrected chi connectivity index (χ1v) is 8.25. The van der Waals surface area contributed by atoms with Gasteiger partial charge in [-0.2, -0.15) is 5.10 Å². The van der Waals surface area contributed by atoms with Gasteiger partial charge >= 0.3 is 0 Å². The van der Waals surface area contributed by atoms with Crippen molar-refractivity contribution in [1.82, 2.24) is 25.0 Å². The molecule has 0 spiro atoms. The third kappa shape index (κ3) is 3.36. The Labute approximate surface area is 144 Å². The number of benzene rings is 1. The van der Waals surface area contributed by atoms with E-state index in [2.05, 4.69) is 20.1 Å². The molecule has 0 unspecified atom stereocenters. The molecule has 1 aromatic carbocycles. The molecular formula is C18H18FN5O. The zero-order chi connectivity index (χ0) is 17.2. The number of hydrogen-bond acceptors (Lipinski definition) is 4. The van der Waals surface area contributed by atoms with Crippen molar-refractivity contribution in [3.8, 4) is 0 Å². The van der Waals surface area contributed by atoms with Gasteiger partial charge in [0, 0.05) is 32.7 Å². The number of H-pyrrole nitrogens is 1. The summed E-state index contributed by atoms with van der Waals surface area (Å²) in [7, 11) is 0. The fourth-order valence-corrected chi connectivity index (χ4v) is 3.11. The van der Waals surface area contributed by atoms with Crippen LogP contribution in [0.4, 0.5) is 4.39 Å². The van der Waals surface area contributed by atoms with Crippen molar-refractivity contribution in [2.75, 3.05) is 26.2 Å². The number of pyridine rings is 1. The second-order valence-electron chi connectivity index (χ2n) is 6.20. The van der Waals surface area contributed by atoms with Gasteiger partial charge in [-0.15, -0.1) is 0 Å². The van der Waals surface area contributed by atoms with Crippen LogP contribution in [0, 0.1) is 5.82 Å². The summed E-state index contributed by atoms with van der Waals surface area (Å²) >= 11 is 0. The summed E-state index contributed by atoms with van der Waals surface area (Å²) in [4.78, 5) is 21.0. The van der Waals surface area contributed by atoms with Crippen LogP contribution >= 0.6 is 0 Å². The second kappa shape index (κ2) is 6.60. The molecule has 1 aliphatic heterocycles. The number of fused-ring (bicyclic) bond motifs is 1. The molecule has 6 nitrogen and oxygen atoms in total. The average Bonchev–Trinajstić information content (AvgIpc) is 3.09. The highest BCUT2D eigenvalue weighted by molar-refractivity contribution is 5.94. The first kappa shape index (κ1) is 15.7. The van der Waals surface area contributed by atoms with Gasteiger partial charge in [0.15, 0.2) is 0 Å². The Hall–Kier alpha value is -2.80. The molecule has 25 heavy (non-hydrogen) atoms. The maximum absolute atomic E-state index is 13.3. The number of carbonyl (C=O) groups excluding carboxylic acids is 1. The first-order chi connectivity index (χ1) is 12.2. The van der Waals surface area contributed by atoms with E-state index in [9.17, 15) is 9.18 Å². The van der Waals surface area contributed by atoms with Gasteiger partial charge in [0.05, 0.1) is 11.7 Å². The highest BCUT2D eigenvalue weighted by Gasteiger charge is 2.23. The van der Waals surface area contributed by atoms with Crippen molar-refractivity contribution in [2.24, 2.45) is 0 Å². The highest BCUT2D eigenvalue weighted by atomic mass is 19.1. The number of carbonyl (C=O) groups is 1. The van der Waals surface area contributed by atoms with Crippen LogP contribution in [0.1, 0.15) is 16.1 Å². The quantitative estimate of drug-likeness (QED) is 0.793. The smallest absolute Gasteiger partial charge is 0.272 e. The van der Waals surface area contributed by atoms with Gasteiger partial charge < -0.3 is 4.90 Å². The third-order valence-electron chi connectivity index (χ3n) is 4.47. The molecule has 3 aromatic rings. The fourth-order valence-electron chi connectivity index (χ4n) is 3.11. The topological polar surface area (TPSA) is 65.1 Å². The number of amides is 1. The van der Waals surface area contributed by atoms with Gasteiger partial charge in [-0.05, 0) is 29.8 Å². The van der Waals surface area contributed by atoms with E-state index in [4.69, 9.17) is 0 Å². The molecule has 3 heterocycles. The molecule has 1 saturated heterocycles. The van der Waals surface area contributed by atoms with Gasteiger partial charge in [-0.1, -0.05) is 12.1 Å². The minimum Gasteiger partial charge on any atom is -0.335 e. The van der Waals surface area contributed by atoms with E-state index in [1.165, 1.54) is 6.07 Å². The van der Waals surface area contributed by atoms with Crippen LogP contribution in [0.5, 0.6) is 0 Å². The number of rotatable bonds is 3. The number of aromatic amines is 1. The predicted octanol–water partition coefficient (Wildman–Crippen LogP) is 2.05. The molecular weight excluding hydrogens is 321 g/mol. The second-order valence-corrected chi connectivity index (χ2v) is 6.20. The Morgan fingerprint density at radius 1 is 1.16 bits per heavy atom. The van der Waals surface area contributed by atoms with Crippen LogP contribution in [0.2, 0.25) is 0 Å². The van der Waals surface area contributed by atoms with E-state index in [1.54, 1.807) is 24.4 Å². The molecule has 7 heteroatoms. The van der Waals surface area contributed by atoms with Gasteiger partial charge in [-0.25, -0.2) is 9.37 Å². The van der Waals surface area contributed by atoms with Crippen LogP contribution in [-0.2, 0) is 6.54 Å². The van der Waals surface area contributed by atoms with Gasteiger partial charge in [0.25, 0.3) is 5.91 Å². The summed E-state index contributed by atoms with van der Waals surface area (Å²) in [6, 6.07) is 10.2. The number of aromatic nitrogens is 3. The van der Waals surface area contributed by atoms with Crippen LogP contribution in [-0.4, -0.2) is 57.1 Å². The summed E-state index contributed by atoms with van der Waals surface area (Å²) in [5.74, 6) is -0.277. The molecule has 1 fully saturated rings. The summed E-state index contributed by atoms with van der Waals surface area (Å²) < 4.78 is 13.3. The molecule has 1 N–H and O–H groups in total. The van der Waals surface area contributed by atoms with E-state index >= 15 is 0 Å². The summed E-state index contributed by atoms with van der Waals surface area (Å²) in [5.41, 5.74) is 2.89. The summed E-state index contributed by atoms with van der Waals surface area (Å²) in [5, 5.41) is 6.75. The Morgan fingerprint density at radius 2 is 2.00 bits per heavy atom. The lowest BCUT2D eigenvalue weighted by atomic mass is 10.2. The maximum atomic E-state index is 13.3. The molecule has 0 radical (unpaired) electrons. The zero-order valence-corrected chi connectivity index (χ0v) is 13.7. The molecule has 2 aromatic heterocycles.